The zero-order valence-electron chi connectivity index (χ0n) is 12.6. The number of hydrogen-bond acceptors (Lipinski definition) is 3. The number of aromatic nitrogens is 2. The van der Waals surface area contributed by atoms with E-state index in [9.17, 15) is 14.4 Å². The van der Waals surface area contributed by atoms with Crippen molar-refractivity contribution in [2.45, 2.75) is 32.7 Å². The van der Waals surface area contributed by atoms with Crippen LogP contribution < -0.4 is 16.6 Å². The van der Waals surface area contributed by atoms with Crippen LogP contribution in [0.4, 0.5) is 0 Å². The Morgan fingerprint density at radius 2 is 1.95 bits per heavy atom. The third-order valence-corrected chi connectivity index (χ3v) is 3.23. The van der Waals surface area contributed by atoms with Crippen molar-refractivity contribution in [3.8, 4) is 0 Å². The van der Waals surface area contributed by atoms with Crippen molar-refractivity contribution in [3.63, 3.8) is 0 Å². The first-order chi connectivity index (χ1) is 9.18. The lowest BCUT2D eigenvalue weighted by Gasteiger charge is -2.23. The van der Waals surface area contributed by atoms with E-state index < -0.39 is 11.2 Å². The van der Waals surface area contributed by atoms with Crippen LogP contribution in [0, 0.1) is 0 Å². The van der Waals surface area contributed by atoms with E-state index in [1.165, 1.54) is 30.0 Å². The van der Waals surface area contributed by atoms with Gasteiger partial charge < -0.3 is 9.88 Å². The minimum atomic E-state index is -0.424. The Hall–Kier alpha value is -2.11. The Labute approximate surface area is 117 Å². The summed E-state index contributed by atoms with van der Waals surface area (Å²) in [5.74, 6) is -0.271. The Balaban J connectivity index is 3.01. The Bertz CT molecular complexity index is 651. The number of aryl methyl sites for hydroxylation is 1. The highest BCUT2D eigenvalue weighted by Crippen LogP contribution is 2.06. The largest absolute Gasteiger partial charge is 0.348 e. The standard InChI is InChI=1S/C14H21N3O3/c1-6-14(2,3)15-11(18)8-7-10-9-16(4)13(20)17(5)12(10)19/h7-9H,6H2,1-5H3,(H,15,18)/b8-7+. The molecule has 0 aliphatic carbocycles. The maximum absolute atomic E-state index is 11.9. The molecule has 1 N–H and O–H groups in total. The van der Waals surface area contributed by atoms with E-state index in [-0.39, 0.29) is 11.4 Å². The van der Waals surface area contributed by atoms with Crippen LogP contribution in [0.1, 0.15) is 32.8 Å². The number of hydrogen-bond donors (Lipinski definition) is 1. The van der Waals surface area contributed by atoms with E-state index in [1.807, 2.05) is 20.8 Å². The molecule has 0 radical (unpaired) electrons. The van der Waals surface area contributed by atoms with Gasteiger partial charge in [-0.3, -0.25) is 14.2 Å². The van der Waals surface area contributed by atoms with Crippen molar-refractivity contribution in [2.24, 2.45) is 14.1 Å². The van der Waals surface area contributed by atoms with Crippen LogP contribution in [0.15, 0.2) is 21.9 Å². The molecule has 0 saturated heterocycles. The third-order valence-electron chi connectivity index (χ3n) is 3.23. The first kappa shape index (κ1) is 15.9. The van der Waals surface area contributed by atoms with Crippen molar-refractivity contribution < 1.29 is 4.79 Å². The van der Waals surface area contributed by atoms with Gasteiger partial charge in [-0.15, -0.1) is 0 Å². The summed E-state index contributed by atoms with van der Waals surface area (Å²) >= 11 is 0. The second-order valence-corrected chi connectivity index (χ2v) is 5.40. The number of nitrogens with zero attached hydrogens (tertiary/aromatic N) is 2. The fraction of sp³-hybridized carbons (Fsp3) is 0.500. The molecule has 1 aromatic heterocycles. The molecule has 0 saturated carbocycles. The van der Waals surface area contributed by atoms with Gasteiger partial charge in [-0.1, -0.05) is 6.92 Å². The van der Waals surface area contributed by atoms with Crippen LogP contribution in [-0.2, 0) is 18.9 Å². The molecule has 0 bridgehead atoms. The minimum Gasteiger partial charge on any atom is -0.348 e. The minimum absolute atomic E-state index is 0.271. The molecule has 6 heteroatoms. The first-order valence-corrected chi connectivity index (χ1v) is 6.45. The second-order valence-electron chi connectivity index (χ2n) is 5.40. The van der Waals surface area contributed by atoms with E-state index in [2.05, 4.69) is 5.32 Å². The van der Waals surface area contributed by atoms with Crippen molar-refractivity contribution in [3.05, 3.63) is 38.7 Å². The summed E-state index contributed by atoms with van der Waals surface area (Å²) in [6.45, 7) is 5.82. The van der Waals surface area contributed by atoms with Gasteiger partial charge in [0.1, 0.15) is 0 Å². The van der Waals surface area contributed by atoms with E-state index in [0.717, 1.165) is 11.0 Å². The van der Waals surface area contributed by atoms with Gasteiger partial charge in [0.15, 0.2) is 0 Å². The lowest BCUT2D eigenvalue weighted by atomic mass is 10.0. The molecule has 0 spiro atoms. The molecule has 0 aliphatic rings. The molecule has 110 valence electrons. The highest BCUT2D eigenvalue weighted by molar-refractivity contribution is 5.92. The van der Waals surface area contributed by atoms with Gasteiger partial charge in [-0.05, 0) is 26.3 Å². The van der Waals surface area contributed by atoms with Gasteiger partial charge in [0.25, 0.3) is 5.56 Å². The molecular formula is C14H21N3O3. The number of carbonyl (C=O) groups is 1. The summed E-state index contributed by atoms with van der Waals surface area (Å²) in [4.78, 5) is 35.2. The summed E-state index contributed by atoms with van der Waals surface area (Å²) < 4.78 is 2.31. The van der Waals surface area contributed by atoms with Crippen molar-refractivity contribution in [2.75, 3.05) is 0 Å². The monoisotopic (exact) mass is 279 g/mol. The normalized spacial score (nSPS) is 11.8. The fourth-order valence-corrected chi connectivity index (χ4v) is 1.58. The molecule has 20 heavy (non-hydrogen) atoms. The molecule has 1 rings (SSSR count). The Kier molecular flexibility index (Phi) is 4.70. The number of carbonyl (C=O) groups excluding carboxylic acids is 1. The highest BCUT2D eigenvalue weighted by Gasteiger charge is 2.16. The van der Waals surface area contributed by atoms with Gasteiger partial charge >= 0.3 is 5.69 Å². The van der Waals surface area contributed by atoms with Crippen molar-refractivity contribution >= 4 is 12.0 Å². The van der Waals surface area contributed by atoms with Crippen molar-refractivity contribution in [1.82, 2.24) is 14.5 Å². The van der Waals surface area contributed by atoms with Crippen LogP contribution in [0.25, 0.3) is 6.08 Å². The third kappa shape index (κ3) is 3.69. The number of amides is 1. The molecule has 0 atom stereocenters. The molecule has 0 aromatic carbocycles. The van der Waals surface area contributed by atoms with Gasteiger partial charge in [0, 0.05) is 31.9 Å². The number of rotatable bonds is 4. The van der Waals surface area contributed by atoms with Gasteiger partial charge in [0.2, 0.25) is 5.91 Å². The maximum atomic E-state index is 11.9. The van der Waals surface area contributed by atoms with Gasteiger partial charge in [-0.2, -0.15) is 0 Å². The van der Waals surface area contributed by atoms with E-state index in [0.29, 0.717) is 5.56 Å². The van der Waals surface area contributed by atoms with Crippen molar-refractivity contribution in [1.29, 1.82) is 0 Å². The second kappa shape index (κ2) is 5.90. The molecule has 1 heterocycles. The van der Waals surface area contributed by atoms with Crippen LogP contribution in [0.3, 0.4) is 0 Å². The molecule has 0 aliphatic heterocycles. The summed E-state index contributed by atoms with van der Waals surface area (Å²) in [7, 11) is 2.96. The van der Waals surface area contributed by atoms with Crippen LogP contribution in [-0.4, -0.2) is 20.6 Å². The topological polar surface area (TPSA) is 73.1 Å². The molecule has 6 nitrogen and oxygen atoms in total. The number of nitrogens with one attached hydrogen (secondary N) is 1. The zero-order valence-corrected chi connectivity index (χ0v) is 12.6. The summed E-state index contributed by atoms with van der Waals surface area (Å²) in [6.07, 6.45) is 4.94. The molecular weight excluding hydrogens is 258 g/mol. The fourth-order valence-electron chi connectivity index (χ4n) is 1.58. The predicted octanol–water partition coefficient (Wildman–Crippen LogP) is 0.402. The average molecular weight is 279 g/mol. The van der Waals surface area contributed by atoms with Crippen LogP contribution in [0.2, 0.25) is 0 Å². The SMILES string of the molecule is CCC(C)(C)NC(=O)/C=C/c1cn(C)c(=O)n(C)c1=O. The van der Waals surface area contributed by atoms with E-state index in [4.69, 9.17) is 0 Å². The zero-order chi connectivity index (χ0) is 15.5. The van der Waals surface area contributed by atoms with Crippen LogP contribution >= 0.6 is 0 Å². The lowest BCUT2D eigenvalue weighted by molar-refractivity contribution is -0.117. The molecule has 0 fully saturated rings. The first-order valence-electron chi connectivity index (χ1n) is 6.45. The molecule has 1 amide bonds. The van der Waals surface area contributed by atoms with Crippen LogP contribution in [0.5, 0.6) is 0 Å². The Morgan fingerprint density at radius 1 is 1.35 bits per heavy atom. The average Bonchev–Trinajstić information content (AvgIpc) is 2.38. The highest BCUT2D eigenvalue weighted by atomic mass is 16.2. The smallest absolute Gasteiger partial charge is 0.330 e. The Morgan fingerprint density at radius 3 is 2.50 bits per heavy atom. The molecule has 0 unspecified atom stereocenters. The van der Waals surface area contributed by atoms with Gasteiger partial charge in [-0.25, -0.2) is 4.79 Å². The lowest BCUT2D eigenvalue weighted by Crippen LogP contribution is -2.42. The molecule has 1 aromatic rings. The van der Waals surface area contributed by atoms with E-state index in [1.54, 1.807) is 7.05 Å². The van der Waals surface area contributed by atoms with E-state index >= 15 is 0 Å². The van der Waals surface area contributed by atoms with Gasteiger partial charge in [0.05, 0.1) is 5.56 Å². The summed E-state index contributed by atoms with van der Waals surface area (Å²) in [5, 5.41) is 2.83. The quantitative estimate of drug-likeness (QED) is 0.811. The summed E-state index contributed by atoms with van der Waals surface area (Å²) in [5.41, 5.74) is -0.828. The predicted molar refractivity (Wildman–Crippen MR) is 78.5 cm³/mol. The summed E-state index contributed by atoms with van der Waals surface area (Å²) in [6, 6.07) is 0. The maximum Gasteiger partial charge on any atom is 0.330 e.